The van der Waals surface area contributed by atoms with Crippen molar-refractivity contribution in [1.29, 1.82) is 0 Å². The monoisotopic (exact) mass is 302 g/mol. The zero-order chi connectivity index (χ0) is 14.1. The average Bonchev–Trinajstić information content (AvgIpc) is 2.83. The Morgan fingerprint density at radius 3 is 2.76 bits per heavy atom. The first-order valence-corrected chi connectivity index (χ1v) is 8.57. The number of benzene rings is 1. The van der Waals surface area contributed by atoms with E-state index in [1.165, 1.54) is 24.8 Å². The van der Waals surface area contributed by atoms with Crippen molar-refractivity contribution >= 4 is 17.4 Å². The van der Waals surface area contributed by atoms with Gasteiger partial charge >= 0.3 is 0 Å². The van der Waals surface area contributed by atoms with Gasteiger partial charge in [0.1, 0.15) is 11.5 Å². The molecule has 21 heavy (non-hydrogen) atoms. The third-order valence-corrected chi connectivity index (χ3v) is 6.52. The Balaban J connectivity index is 1.38. The number of carbonyl (C=O) groups is 1. The van der Waals surface area contributed by atoms with E-state index in [-0.39, 0.29) is 0 Å². The Bertz CT molecular complexity index is 622. The molecule has 2 bridgehead atoms. The predicted molar refractivity (Wildman–Crippen MR) is 80.7 cm³/mol. The van der Waals surface area contributed by atoms with Gasteiger partial charge in [0.2, 0.25) is 0 Å². The summed E-state index contributed by atoms with van der Waals surface area (Å²) in [6.07, 6.45) is 5.56. The highest BCUT2D eigenvalue weighted by molar-refractivity contribution is 6.30. The minimum Gasteiger partial charge on any atom is -0.493 e. The molecule has 4 aliphatic rings. The van der Waals surface area contributed by atoms with E-state index in [2.05, 4.69) is 0 Å². The van der Waals surface area contributed by atoms with E-state index in [0.717, 1.165) is 53.0 Å². The molecule has 3 heteroatoms. The molecule has 5 rings (SSSR count). The third-order valence-electron chi connectivity index (χ3n) is 6.30. The summed E-state index contributed by atoms with van der Waals surface area (Å²) in [5, 5.41) is 0.734. The summed E-state index contributed by atoms with van der Waals surface area (Å²) in [5.41, 5.74) is 2.18. The molecular weight excluding hydrogens is 284 g/mol. The van der Waals surface area contributed by atoms with Gasteiger partial charge in [-0.2, -0.15) is 0 Å². The second-order valence-corrected chi connectivity index (χ2v) is 7.74. The van der Waals surface area contributed by atoms with Crippen LogP contribution >= 0.6 is 11.6 Å². The second-order valence-electron chi connectivity index (χ2n) is 7.31. The maximum Gasteiger partial charge on any atom is 0.141 e. The fraction of sp³-hybridized carbons (Fsp3) is 0.611. The van der Waals surface area contributed by atoms with Crippen molar-refractivity contribution in [1.82, 2.24) is 0 Å². The van der Waals surface area contributed by atoms with E-state index < -0.39 is 0 Å². The van der Waals surface area contributed by atoms with Crippen molar-refractivity contribution in [2.45, 2.75) is 32.1 Å². The zero-order valence-corrected chi connectivity index (χ0v) is 12.7. The molecule has 4 unspecified atom stereocenters. The Hall–Kier alpha value is -1.02. The molecule has 0 saturated heterocycles. The van der Waals surface area contributed by atoms with E-state index >= 15 is 0 Å². The van der Waals surface area contributed by atoms with Crippen LogP contribution in [0.25, 0.3) is 0 Å². The average molecular weight is 303 g/mol. The number of Topliss-reactive ketones (excluding diaryl/α,β-unsaturated/α-hetero) is 1. The summed E-state index contributed by atoms with van der Waals surface area (Å²) in [7, 11) is 0. The lowest BCUT2D eigenvalue weighted by Crippen LogP contribution is -2.12. The summed E-state index contributed by atoms with van der Waals surface area (Å²) >= 11 is 6.19. The maximum atomic E-state index is 12.7. The van der Waals surface area contributed by atoms with Gasteiger partial charge in [-0.15, -0.1) is 0 Å². The molecule has 3 saturated carbocycles. The molecule has 0 aromatic heterocycles. The molecule has 0 N–H and O–H groups in total. The van der Waals surface area contributed by atoms with Crippen molar-refractivity contribution in [2.75, 3.05) is 6.61 Å². The van der Waals surface area contributed by atoms with Gasteiger partial charge in [0.25, 0.3) is 0 Å². The number of ketones is 1. The van der Waals surface area contributed by atoms with Crippen molar-refractivity contribution in [2.24, 2.45) is 29.6 Å². The van der Waals surface area contributed by atoms with E-state index in [0.29, 0.717) is 18.1 Å². The van der Waals surface area contributed by atoms with Gasteiger partial charge in [-0.05, 0) is 60.6 Å². The smallest absolute Gasteiger partial charge is 0.141 e. The number of carbonyl (C=O) groups excluding carboxylic acids is 1. The number of ether oxygens (including phenoxy) is 1. The Kier molecular flexibility index (Phi) is 2.54. The lowest BCUT2D eigenvalue weighted by Gasteiger charge is -2.11. The fourth-order valence-electron chi connectivity index (χ4n) is 5.54. The van der Waals surface area contributed by atoms with Crippen LogP contribution < -0.4 is 4.74 Å². The van der Waals surface area contributed by atoms with Gasteiger partial charge in [0, 0.05) is 29.3 Å². The van der Waals surface area contributed by atoms with Crippen LogP contribution in [-0.4, -0.2) is 12.4 Å². The Labute approximate surface area is 129 Å². The topological polar surface area (TPSA) is 26.3 Å². The minimum atomic E-state index is 0.354. The Morgan fingerprint density at radius 2 is 2.00 bits per heavy atom. The predicted octanol–water partition coefficient (Wildman–Crippen LogP) is 3.68. The summed E-state index contributed by atoms with van der Waals surface area (Å²) in [5.74, 6) is 4.88. The van der Waals surface area contributed by atoms with Crippen LogP contribution in [0.2, 0.25) is 5.02 Å². The van der Waals surface area contributed by atoms with Gasteiger partial charge in [-0.3, -0.25) is 4.79 Å². The van der Waals surface area contributed by atoms with Crippen LogP contribution in [0, 0.1) is 29.6 Å². The zero-order valence-electron chi connectivity index (χ0n) is 12.0. The fourth-order valence-corrected chi connectivity index (χ4v) is 5.80. The van der Waals surface area contributed by atoms with Gasteiger partial charge in [-0.25, -0.2) is 0 Å². The van der Waals surface area contributed by atoms with Crippen LogP contribution in [0.5, 0.6) is 5.75 Å². The summed E-state index contributed by atoms with van der Waals surface area (Å²) in [6, 6.07) is 3.90. The minimum absolute atomic E-state index is 0.354. The molecule has 0 amide bonds. The van der Waals surface area contributed by atoms with Gasteiger partial charge < -0.3 is 4.74 Å². The number of rotatable bonds is 3. The highest BCUT2D eigenvalue weighted by Crippen LogP contribution is 2.69. The van der Waals surface area contributed by atoms with Crippen LogP contribution in [-0.2, 0) is 17.6 Å². The first kappa shape index (κ1) is 12.5. The summed E-state index contributed by atoms with van der Waals surface area (Å²) in [4.78, 5) is 12.7. The lowest BCUT2D eigenvalue weighted by atomic mass is 9.95. The van der Waals surface area contributed by atoms with Crippen molar-refractivity contribution in [3.05, 3.63) is 28.3 Å². The molecule has 1 aromatic rings. The van der Waals surface area contributed by atoms with Crippen LogP contribution in [0.4, 0.5) is 0 Å². The molecule has 1 heterocycles. The largest absolute Gasteiger partial charge is 0.493 e. The number of fused-ring (bicyclic) bond motifs is 6. The highest BCUT2D eigenvalue weighted by atomic mass is 35.5. The molecule has 4 atom stereocenters. The summed E-state index contributed by atoms with van der Waals surface area (Å²) in [6.45, 7) is 0.718. The molecule has 2 nitrogen and oxygen atoms in total. The first-order chi connectivity index (χ1) is 10.2. The van der Waals surface area contributed by atoms with E-state index in [1.54, 1.807) is 0 Å². The molecule has 110 valence electrons. The summed E-state index contributed by atoms with van der Waals surface area (Å²) < 4.78 is 5.72. The van der Waals surface area contributed by atoms with Crippen molar-refractivity contribution in [3.8, 4) is 5.75 Å². The number of hydrogen-bond acceptors (Lipinski definition) is 2. The second kappa shape index (κ2) is 4.25. The third kappa shape index (κ3) is 1.75. The molecule has 3 fully saturated rings. The van der Waals surface area contributed by atoms with Gasteiger partial charge in [0.15, 0.2) is 0 Å². The molecule has 1 aliphatic heterocycles. The number of halogens is 1. The Morgan fingerprint density at radius 1 is 1.24 bits per heavy atom. The van der Waals surface area contributed by atoms with Gasteiger partial charge in [0.05, 0.1) is 6.61 Å². The standard InChI is InChI=1S/C18H19ClO2/c19-13-6-11-3-4-21-18(11)12(7-13)8-14(20)17-15-9-1-2-10(5-9)16(15)17/h6-7,9-10,15-17H,1-5,8H2. The van der Waals surface area contributed by atoms with Crippen LogP contribution in [0.15, 0.2) is 12.1 Å². The molecule has 1 aromatic carbocycles. The molecular formula is C18H19ClO2. The first-order valence-electron chi connectivity index (χ1n) is 8.19. The van der Waals surface area contributed by atoms with Crippen molar-refractivity contribution in [3.63, 3.8) is 0 Å². The SMILES string of the molecule is O=C(Cc1cc(Cl)cc2c1OCC2)C1C2C3CCC(C3)C12. The molecule has 0 spiro atoms. The maximum absolute atomic E-state index is 12.7. The van der Waals surface area contributed by atoms with Gasteiger partial charge in [-0.1, -0.05) is 11.6 Å². The van der Waals surface area contributed by atoms with Crippen LogP contribution in [0.1, 0.15) is 30.4 Å². The van der Waals surface area contributed by atoms with Crippen LogP contribution in [0.3, 0.4) is 0 Å². The quantitative estimate of drug-likeness (QED) is 0.851. The van der Waals surface area contributed by atoms with E-state index in [9.17, 15) is 4.79 Å². The van der Waals surface area contributed by atoms with E-state index in [4.69, 9.17) is 16.3 Å². The van der Waals surface area contributed by atoms with E-state index in [1.807, 2.05) is 12.1 Å². The number of hydrogen-bond donors (Lipinski definition) is 0. The molecule has 0 radical (unpaired) electrons. The highest BCUT2D eigenvalue weighted by Gasteiger charge is 2.66. The molecule has 3 aliphatic carbocycles. The normalized spacial score (nSPS) is 38.0. The lowest BCUT2D eigenvalue weighted by molar-refractivity contribution is -0.120. The van der Waals surface area contributed by atoms with Crippen molar-refractivity contribution < 1.29 is 9.53 Å².